The Labute approximate surface area is 124 Å². The molecule has 1 aromatic carbocycles. The second kappa shape index (κ2) is 6.19. The van der Waals surface area contributed by atoms with Crippen LogP contribution in [0.25, 0.3) is 10.2 Å². The minimum Gasteiger partial charge on any atom is -0.336 e. The van der Waals surface area contributed by atoms with Crippen LogP contribution in [0.2, 0.25) is 5.02 Å². The first-order valence-electron chi connectivity index (χ1n) is 5.26. The van der Waals surface area contributed by atoms with Crippen molar-refractivity contribution in [3.05, 3.63) is 33.2 Å². The number of benzene rings is 1. The van der Waals surface area contributed by atoms with Crippen LogP contribution in [0.5, 0.6) is 0 Å². The van der Waals surface area contributed by atoms with Crippen molar-refractivity contribution in [2.24, 2.45) is 0 Å². The third-order valence-corrected chi connectivity index (χ3v) is 5.87. The highest BCUT2D eigenvalue weighted by atomic mass is 35.5. The fourth-order valence-corrected chi connectivity index (χ4v) is 3.55. The topological polar surface area (TPSA) is 24.9 Å². The molecule has 6 heteroatoms. The predicted molar refractivity (Wildman–Crippen MR) is 88.1 cm³/mol. The Hall–Kier alpha value is -0.360. The van der Waals surface area contributed by atoms with E-state index < -0.39 is 0 Å². The van der Waals surface area contributed by atoms with Crippen molar-refractivity contribution in [3.8, 4) is 0 Å². The number of thioether (sulfide) groups is 2. The summed E-state index contributed by atoms with van der Waals surface area (Å²) in [6.07, 6.45) is 6.11. The maximum absolute atomic E-state index is 6.09. The molecule has 1 N–H and O–H groups in total. The molecule has 0 aliphatic heterocycles. The van der Waals surface area contributed by atoms with Crippen molar-refractivity contribution >= 4 is 61.8 Å². The van der Waals surface area contributed by atoms with Gasteiger partial charge in [0.2, 0.25) is 0 Å². The van der Waals surface area contributed by atoms with Crippen LogP contribution >= 0.6 is 46.5 Å². The van der Waals surface area contributed by atoms with Gasteiger partial charge in [0.05, 0.1) is 14.5 Å². The minimum atomic E-state index is 0.767. The standard InChI is InChI=1S/C12H13ClN2S3/c1-7-8(13)4-5-9-11(7)15-12(18-9)14-6-10(16-2)17-3/h4-6H,1-3H3,(H,14,15). The molecule has 0 saturated carbocycles. The zero-order chi connectivity index (χ0) is 13.1. The molecule has 0 unspecified atom stereocenters. The van der Waals surface area contributed by atoms with Crippen molar-refractivity contribution in [1.82, 2.24) is 4.98 Å². The van der Waals surface area contributed by atoms with E-state index in [0.717, 1.165) is 25.9 Å². The number of halogens is 1. The van der Waals surface area contributed by atoms with Gasteiger partial charge in [0.25, 0.3) is 0 Å². The van der Waals surface area contributed by atoms with Gasteiger partial charge in [0.1, 0.15) is 0 Å². The highest BCUT2D eigenvalue weighted by Crippen LogP contribution is 2.32. The summed E-state index contributed by atoms with van der Waals surface area (Å²) >= 11 is 11.2. The number of aryl methyl sites for hydroxylation is 1. The molecule has 0 aliphatic carbocycles. The molecule has 0 spiro atoms. The number of thiazole rings is 1. The van der Waals surface area contributed by atoms with Crippen LogP contribution in [-0.4, -0.2) is 17.5 Å². The number of rotatable bonds is 4. The lowest BCUT2D eigenvalue weighted by Crippen LogP contribution is -1.87. The molecule has 0 atom stereocenters. The first kappa shape index (κ1) is 14.1. The smallest absolute Gasteiger partial charge is 0.187 e. The molecule has 96 valence electrons. The number of nitrogens with zero attached hydrogens (tertiary/aromatic N) is 1. The number of anilines is 1. The molecule has 1 aromatic heterocycles. The van der Waals surface area contributed by atoms with E-state index in [2.05, 4.69) is 22.8 Å². The Bertz CT molecular complexity index is 586. The first-order valence-corrected chi connectivity index (χ1v) is 8.90. The van der Waals surface area contributed by atoms with E-state index in [0.29, 0.717) is 0 Å². The lowest BCUT2D eigenvalue weighted by atomic mass is 10.2. The van der Waals surface area contributed by atoms with Crippen LogP contribution in [0, 0.1) is 6.92 Å². The first-order chi connectivity index (χ1) is 8.65. The largest absolute Gasteiger partial charge is 0.336 e. The normalized spacial score (nSPS) is 10.7. The van der Waals surface area contributed by atoms with E-state index in [4.69, 9.17) is 11.6 Å². The number of hydrogen-bond donors (Lipinski definition) is 1. The van der Waals surface area contributed by atoms with Crippen molar-refractivity contribution in [1.29, 1.82) is 0 Å². The van der Waals surface area contributed by atoms with E-state index in [1.54, 1.807) is 34.9 Å². The molecule has 0 bridgehead atoms. The van der Waals surface area contributed by atoms with Crippen LogP contribution in [0.3, 0.4) is 0 Å². The quantitative estimate of drug-likeness (QED) is 0.838. The van der Waals surface area contributed by atoms with Gasteiger partial charge in [-0.05, 0) is 37.1 Å². The molecule has 0 amide bonds. The van der Waals surface area contributed by atoms with Gasteiger partial charge in [0.15, 0.2) is 5.13 Å². The summed E-state index contributed by atoms with van der Waals surface area (Å²) in [5.74, 6) is 0. The highest BCUT2D eigenvalue weighted by Gasteiger charge is 2.07. The third kappa shape index (κ3) is 2.96. The molecule has 2 nitrogen and oxygen atoms in total. The lowest BCUT2D eigenvalue weighted by molar-refractivity contribution is 1.40. The van der Waals surface area contributed by atoms with E-state index in [-0.39, 0.29) is 0 Å². The minimum absolute atomic E-state index is 0.767. The van der Waals surface area contributed by atoms with Crippen LogP contribution in [-0.2, 0) is 0 Å². The monoisotopic (exact) mass is 316 g/mol. The van der Waals surface area contributed by atoms with Gasteiger partial charge in [-0.25, -0.2) is 4.98 Å². The summed E-state index contributed by atoms with van der Waals surface area (Å²) in [6, 6.07) is 3.94. The fourth-order valence-electron chi connectivity index (χ4n) is 1.48. The Kier molecular flexibility index (Phi) is 4.84. The number of nitrogens with one attached hydrogen (secondary N) is 1. The van der Waals surface area contributed by atoms with Crippen LogP contribution < -0.4 is 5.32 Å². The van der Waals surface area contributed by atoms with Gasteiger partial charge in [-0.3, -0.25) is 0 Å². The highest BCUT2D eigenvalue weighted by molar-refractivity contribution is 8.21. The number of hydrogen-bond acceptors (Lipinski definition) is 5. The molecular formula is C12H13ClN2S3. The summed E-state index contributed by atoms with van der Waals surface area (Å²) in [7, 11) is 0. The van der Waals surface area contributed by atoms with Crippen LogP contribution in [0.1, 0.15) is 5.56 Å². The fraction of sp³-hybridized carbons (Fsp3) is 0.250. The van der Waals surface area contributed by atoms with E-state index >= 15 is 0 Å². The molecule has 18 heavy (non-hydrogen) atoms. The van der Waals surface area contributed by atoms with Gasteiger partial charge >= 0.3 is 0 Å². The molecule has 1 heterocycles. The molecule has 0 radical (unpaired) electrons. The van der Waals surface area contributed by atoms with Crippen molar-refractivity contribution in [2.45, 2.75) is 6.92 Å². The van der Waals surface area contributed by atoms with E-state index in [1.165, 1.54) is 4.24 Å². The molecular weight excluding hydrogens is 304 g/mol. The van der Waals surface area contributed by atoms with Crippen molar-refractivity contribution < 1.29 is 0 Å². The van der Waals surface area contributed by atoms with Crippen LogP contribution in [0.15, 0.2) is 22.6 Å². The van der Waals surface area contributed by atoms with Gasteiger partial charge in [0, 0.05) is 11.2 Å². The summed E-state index contributed by atoms with van der Waals surface area (Å²) in [6.45, 7) is 2.00. The van der Waals surface area contributed by atoms with Crippen molar-refractivity contribution in [3.63, 3.8) is 0 Å². The summed E-state index contributed by atoms with van der Waals surface area (Å²) in [5, 5.41) is 4.91. The zero-order valence-corrected chi connectivity index (χ0v) is 13.5. The van der Waals surface area contributed by atoms with E-state index in [1.807, 2.05) is 25.3 Å². The summed E-state index contributed by atoms with van der Waals surface area (Å²) in [5.41, 5.74) is 2.02. The average Bonchev–Trinajstić information content (AvgIpc) is 2.79. The second-order valence-electron chi connectivity index (χ2n) is 3.55. The molecule has 0 saturated heterocycles. The Morgan fingerprint density at radius 3 is 2.78 bits per heavy atom. The summed E-state index contributed by atoms with van der Waals surface area (Å²) in [4.78, 5) is 4.57. The van der Waals surface area contributed by atoms with Gasteiger partial charge in [-0.1, -0.05) is 22.9 Å². The average molecular weight is 317 g/mol. The molecule has 2 rings (SSSR count). The lowest BCUT2D eigenvalue weighted by Gasteiger charge is -1.99. The van der Waals surface area contributed by atoms with Gasteiger partial charge in [-0.2, -0.15) is 0 Å². The molecule has 0 aliphatic rings. The Morgan fingerprint density at radius 2 is 2.11 bits per heavy atom. The Balaban J connectivity index is 2.31. The number of aromatic nitrogens is 1. The second-order valence-corrected chi connectivity index (χ2v) is 6.95. The third-order valence-electron chi connectivity index (χ3n) is 2.46. The summed E-state index contributed by atoms with van der Waals surface area (Å²) < 4.78 is 2.38. The maximum atomic E-state index is 6.09. The molecule has 2 aromatic rings. The SMILES string of the molecule is CSC(=CNc1nc2c(C)c(Cl)ccc2s1)SC. The van der Waals surface area contributed by atoms with Gasteiger partial charge < -0.3 is 5.32 Å². The van der Waals surface area contributed by atoms with Crippen molar-refractivity contribution in [2.75, 3.05) is 17.8 Å². The Morgan fingerprint density at radius 1 is 1.39 bits per heavy atom. The number of fused-ring (bicyclic) bond motifs is 1. The van der Waals surface area contributed by atoms with Gasteiger partial charge in [-0.15, -0.1) is 23.5 Å². The van der Waals surface area contributed by atoms with Crippen LogP contribution in [0.4, 0.5) is 5.13 Å². The predicted octanol–water partition coefficient (Wildman–Crippen LogP) is 5.19. The zero-order valence-electron chi connectivity index (χ0n) is 10.3. The van der Waals surface area contributed by atoms with E-state index in [9.17, 15) is 0 Å². The maximum Gasteiger partial charge on any atom is 0.187 e. The molecule has 0 fully saturated rings.